The summed E-state index contributed by atoms with van der Waals surface area (Å²) in [5, 5.41) is 9.40. The van der Waals surface area contributed by atoms with E-state index in [1.807, 2.05) is 36.4 Å². The number of carbonyl (C=O) groups excluding carboxylic acids is 4. The first kappa shape index (κ1) is 37.1. The summed E-state index contributed by atoms with van der Waals surface area (Å²) in [6, 6.07) is 15.0. The molecule has 0 saturated heterocycles. The first-order valence-corrected chi connectivity index (χ1v) is 20.1. The van der Waals surface area contributed by atoms with E-state index in [4.69, 9.17) is 0 Å². The summed E-state index contributed by atoms with van der Waals surface area (Å²) in [6.07, 6.45) is 10.3. The minimum absolute atomic E-state index is 0.0797. The van der Waals surface area contributed by atoms with Crippen molar-refractivity contribution in [3.8, 4) is 0 Å². The molecule has 0 bridgehead atoms. The number of imide groups is 2. The molecule has 0 radical (unpaired) electrons. The molecule has 3 heterocycles. The maximum atomic E-state index is 14.5. The normalized spacial score (nSPS) is 14.2. The molecule has 0 spiro atoms. The van der Waals surface area contributed by atoms with Gasteiger partial charge in [0, 0.05) is 59.8 Å². The fourth-order valence-corrected chi connectivity index (χ4v) is 8.93. The number of nitrogens with zero attached hydrogens (tertiary/aromatic N) is 6. The molecular weight excluding hydrogens is 703 g/mol. The number of aryl methyl sites for hydroxylation is 1. The summed E-state index contributed by atoms with van der Waals surface area (Å²) in [7, 11) is 1.72. The van der Waals surface area contributed by atoms with Crippen LogP contribution in [-0.2, 0) is 0 Å². The molecule has 5 aromatic carbocycles. The van der Waals surface area contributed by atoms with Crippen molar-refractivity contribution in [3.05, 3.63) is 76.6 Å². The van der Waals surface area contributed by atoms with E-state index in [0.29, 0.717) is 50.7 Å². The van der Waals surface area contributed by atoms with Gasteiger partial charge in [0.05, 0.1) is 13.1 Å². The lowest BCUT2D eigenvalue weighted by Crippen LogP contribution is -2.47. The van der Waals surface area contributed by atoms with Crippen molar-refractivity contribution in [1.82, 2.24) is 24.8 Å². The Morgan fingerprint density at radius 3 is 1.54 bits per heavy atom. The number of benzene rings is 5. The second-order valence-corrected chi connectivity index (χ2v) is 15.3. The van der Waals surface area contributed by atoms with E-state index in [0.717, 1.165) is 96.5 Å². The molecule has 8 rings (SSSR count). The van der Waals surface area contributed by atoms with Gasteiger partial charge in [0.15, 0.2) is 0 Å². The highest BCUT2D eigenvalue weighted by Gasteiger charge is 2.39. The van der Waals surface area contributed by atoms with Gasteiger partial charge in [0.25, 0.3) is 23.6 Å². The molecule has 56 heavy (non-hydrogen) atoms. The van der Waals surface area contributed by atoms with Crippen LogP contribution in [0.15, 0.2) is 48.5 Å². The molecule has 1 aromatic heterocycles. The van der Waals surface area contributed by atoms with Crippen LogP contribution in [0.1, 0.15) is 125 Å². The quantitative estimate of drug-likeness (QED) is 0.0260. The summed E-state index contributed by atoms with van der Waals surface area (Å²) in [4.78, 5) is 72.9. The lowest BCUT2D eigenvalue weighted by atomic mass is 9.82. The van der Waals surface area contributed by atoms with Gasteiger partial charge < -0.3 is 5.32 Å². The second-order valence-electron chi connectivity index (χ2n) is 15.3. The van der Waals surface area contributed by atoms with Crippen molar-refractivity contribution < 1.29 is 23.8 Å². The summed E-state index contributed by atoms with van der Waals surface area (Å²) < 4.78 is 1.55. The van der Waals surface area contributed by atoms with E-state index in [9.17, 15) is 19.2 Å². The second kappa shape index (κ2) is 15.0. The third kappa shape index (κ3) is 6.04. The van der Waals surface area contributed by atoms with E-state index in [2.05, 4.69) is 40.8 Å². The predicted octanol–water partition coefficient (Wildman–Crippen LogP) is 8.82. The number of hydrogen-bond donors (Lipinski definition) is 1. The van der Waals surface area contributed by atoms with Crippen molar-refractivity contribution in [3.63, 3.8) is 0 Å². The van der Waals surface area contributed by atoms with Gasteiger partial charge in [-0.05, 0) is 74.4 Å². The van der Waals surface area contributed by atoms with Crippen molar-refractivity contribution in [1.29, 1.82) is 0 Å². The molecule has 11 heteroatoms. The maximum Gasteiger partial charge on any atom is 0.437 e. The third-order valence-corrected chi connectivity index (χ3v) is 11.7. The van der Waals surface area contributed by atoms with Crippen molar-refractivity contribution in [2.75, 3.05) is 25.5 Å². The standard InChI is InChI=1S/C45H48N7O4/c1-6-8-10-12-14-27(15-13-11-9-7-2)52-42(55)34-22-18-30-28-16-20-32-38-33(21-17-29(36(28)38)31-19-23-35(43(52)56)39(34)37(30)31)41(54)51(40(32)53)25-24-50(5)45-48-26(3)47-44(46-4)49-45/h16-23,27H,5-15,24-25H2,1-4H3,(H,46,47,48,49)/q+1. The van der Waals surface area contributed by atoms with Crippen LogP contribution in [0.3, 0.4) is 0 Å². The van der Waals surface area contributed by atoms with E-state index < -0.39 is 0 Å². The highest BCUT2D eigenvalue weighted by Crippen LogP contribution is 2.46. The van der Waals surface area contributed by atoms with Gasteiger partial charge in [-0.2, -0.15) is 4.98 Å². The van der Waals surface area contributed by atoms with E-state index >= 15 is 0 Å². The first-order valence-electron chi connectivity index (χ1n) is 20.1. The smallest absolute Gasteiger partial charge is 0.343 e. The van der Waals surface area contributed by atoms with E-state index in [-0.39, 0.29) is 42.8 Å². The Morgan fingerprint density at radius 2 is 1.09 bits per heavy atom. The number of carbonyl (C=O) groups is 4. The van der Waals surface area contributed by atoms with Gasteiger partial charge >= 0.3 is 11.9 Å². The zero-order chi connectivity index (χ0) is 39.2. The fraction of sp³-hybridized carbons (Fsp3) is 0.378. The average Bonchev–Trinajstić information content (AvgIpc) is 3.20. The van der Waals surface area contributed by atoms with Crippen LogP contribution in [0.4, 0.5) is 11.9 Å². The van der Waals surface area contributed by atoms with Crippen LogP contribution in [-0.4, -0.2) is 85.9 Å². The predicted molar refractivity (Wildman–Crippen MR) is 221 cm³/mol. The maximum absolute atomic E-state index is 14.5. The molecule has 1 N–H and O–H groups in total. The molecule has 0 aliphatic carbocycles. The van der Waals surface area contributed by atoms with Gasteiger partial charge in [-0.1, -0.05) is 94.5 Å². The molecule has 6 aromatic rings. The summed E-state index contributed by atoms with van der Waals surface area (Å²) >= 11 is 0. The van der Waals surface area contributed by atoms with Gasteiger partial charge in [-0.3, -0.25) is 29.0 Å². The Balaban J connectivity index is 1.17. The van der Waals surface area contributed by atoms with Crippen LogP contribution in [0.25, 0.3) is 43.1 Å². The average molecular weight is 751 g/mol. The molecule has 11 nitrogen and oxygen atoms in total. The number of rotatable bonds is 16. The molecule has 0 saturated carbocycles. The summed E-state index contributed by atoms with van der Waals surface area (Å²) in [5.41, 5.74) is 2.00. The molecule has 0 atom stereocenters. The molecule has 4 amide bonds. The highest BCUT2D eigenvalue weighted by atomic mass is 16.2. The van der Waals surface area contributed by atoms with Crippen LogP contribution in [0, 0.1) is 6.92 Å². The Morgan fingerprint density at radius 1 is 0.625 bits per heavy atom. The minimum atomic E-state index is -0.381. The number of fused-ring (bicyclic) bond motifs is 2. The Labute approximate surface area is 326 Å². The molecule has 2 aliphatic rings. The molecular formula is C45H48N7O4+. The lowest BCUT2D eigenvalue weighted by Gasteiger charge is -2.35. The lowest BCUT2D eigenvalue weighted by molar-refractivity contribution is -0.439. The number of hydrogen-bond acceptors (Lipinski definition) is 8. The molecule has 0 unspecified atom stereocenters. The van der Waals surface area contributed by atoms with Gasteiger partial charge in [0.2, 0.25) is 5.82 Å². The van der Waals surface area contributed by atoms with Crippen LogP contribution >= 0.6 is 0 Å². The number of aromatic nitrogens is 3. The SMILES string of the molecule is C=[N+](CCN1C(=O)c2ccc3c4ccc5c6c(ccc(c7ccc(c2c37)C1=O)c64)C(=O)N(C(CCCCCC)CCCCCC)C5=O)c1nc(C)nc(NC)n1. The first-order chi connectivity index (χ1) is 27.2. The Bertz CT molecular complexity index is 2470. The fourth-order valence-electron chi connectivity index (χ4n) is 8.93. The van der Waals surface area contributed by atoms with Crippen molar-refractivity contribution >= 4 is 85.3 Å². The van der Waals surface area contributed by atoms with Crippen LogP contribution in [0.2, 0.25) is 0 Å². The van der Waals surface area contributed by atoms with E-state index in [1.165, 1.54) is 4.90 Å². The van der Waals surface area contributed by atoms with Crippen LogP contribution < -0.4 is 5.32 Å². The number of nitrogens with one attached hydrogen (secondary N) is 1. The van der Waals surface area contributed by atoms with Crippen molar-refractivity contribution in [2.45, 2.75) is 91.0 Å². The highest BCUT2D eigenvalue weighted by molar-refractivity contribution is 6.41. The topological polar surface area (TPSA) is 128 Å². The van der Waals surface area contributed by atoms with E-state index in [1.54, 1.807) is 35.6 Å². The number of anilines is 1. The van der Waals surface area contributed by atoms with Gasteiger partial charge in [-0.25, -0.2) is 4.58 Å². The minimum Gasteiger partial charge on any atom is -0.343 e. The largest absolute Gasteiger partial charge is 0.437 e. The summed E-state index contributed by atoms with van der Waals surface area (Å²) in [5.74, 6) is 0.0483. The van der Waals surface area contributed by atoms with Gasteiger partial charge in [-0.15, -0.1) is 0 Å². The van der Waals surface area contributed by atoms with Crippen LogP contribution in [0.5, 0.6) is 0 Å². The Hall–Kier alpha value is -5.84. The number of amides is 4. The zero-order valence-electron chi connectivity index (χ0n) is 32.7. The molecule has 2 aliphatic heterocycles. The van der Waals surface area contributed by atoms with Crippen molar-refractivity contribution in [2.24, 2.45) is 0 Å². The molecule has 286 valence electrons. The monoisotopic (exact) mass is 750 g/mol. The third-order valence-electron chi connectivity index (χ3n) is 11.7. The molecule has 0 fully saturated rings. The number of unbranched alkanes of at least 4 members (excludes halogenated alkanes) is 6. The zero-order valence-corrected chi connectivity index (χ0v) is 32.7. The summed E-state index contributed by atoms with van der Waals surface area (Å²) in [6.45, 7) is 10.5. The van der Waals surface area contributed by atoms with Gasteiger partial charge in [0.1, 0.15) is 0 Å². The Kier molecular flexibility index (Phi) is 9.94.